The van der Waals surface area contributed by atoms with Gasteiger partial charge in [0.05, 0.1) is 0 Å². The number of fused-ring (bicyclic) bond motifs is 7. The Hall–Kier alpha value is -1.90. The van der Waals surface area contributed by atoms with Crippen LogP contribution in [0.5, 0.6) is 0 Å². The first kappa shape index (κ1) is 20.0. The molecule has 1 N–H and O–H groups in total. The molecule has 6 unspecified atom stereocenters. The summed E-state index contributed by atoms with van der Waals surface area (Å²) < 4.78 is 0. The summed E-state index contributed by atoms with van der Waals surface area (Å²) in [5.41, 5.74) is 4.67. The maximum Gasteiger partial charge on any atom is 0.220 e. The molecule has 3 saturated carbocycles. The van der Waals surface area contributed by atoms with Crippen LogP contribution in [0.1, 0.15) is 73.1 Å². The molecule has 0 aromatic rings. The maximum absolute atomic E-state index is 12.6. The van der Waals surface area contributed by atoms with Gasteiger partial charge < -0.3 is 5.11 Å². The van der Waals surface area contributed by atoms with E-state index in [0.717, 1.165) is 49.7 Å². The molecule has 160 valence electrons. The average Bonchev–Trinajstić information content (AvgIpc) is 2.69. The molecule has 5 rings (SSSR count). The van der Waals surface area contributed by atoms with Gasteiger partial charge in [0.1, 0.15) is 5.78 Å². The Morgan fingerprint density at radius 3 is 2.53 bits per heavy atom. The van der Waals surface area contributed by atoms with E-state index in [0.29, 0.717) is 17.3 Å². The molecule has 3 nitrogen and oxygen atoms in total. The first-order valence-corrected chi connectivity index (χ1v) is 11.6. The van der Waals surface area contributed by atoms with E-state index in [9.17, 15) is 14.7 Å². The van der Waals surface area contributed by atoms with E-state index in [1.807, 2.05) is 6.92 Å². The zero-order valence-electron chi connectivity index (χ0n) is 19.0. The lowest BCUT2D eigenvalue weighted by Crippen LogP contribution is -2.60. The molecule has 0 bridgehead atoms. The zero-order chi connectivity index (χ0) is 21.6. The van der Waals surface area contributed by atoms with Crippen LogP contribution in [-0.2, 0) is 9.59 Å². The Morgan fingerprint density at radius 1 is 1.07 bits per heavy atom. The summed E-state index contributed by atoms with van der Waals surface area (Å²) in [6.45, 7) is 11.3. The number of aliphatic hydroxyl groups is 1. The van der Waals surface area contributed by atoms with E-state index in [4.69, 9.17) is 0 Å². The second-order valence-electron chi connectivity index (χ2n) is 11.5. The summed E-state index contributed by atoms with van der Waals surface area (Å²) in [5, 5.41) is 10.2. The van der Waals surface area contributed by atoms with E-state index in [1.165, 1.54) is 5.57 Å². The molecule has 3 fully saturated rings. The predicted molar refractivity (Wildman–Crippen MR) is 118 cm³/mol. The van der Waals surface area contributed by atoms with Crippen LogP contribution in [0, 0.1) is 34.0 Å². The Morgan fingerprint density at radius 2 is 1.80 bits per heavy atom. The highest BCUT2D eigenvalue weighted by atomic mass is 16.3. The van der Waals surface area contributed by atoms with Gasteiger partial charge in [0.15, 0.2) is 5.76 Å². The first-order valence-electron chi connectivity index (χ1n) is 11.6. The summed E-state index contributed by atoms with van der Waals surface area (Å²) in [6.07, 6.45) is 12.2. The van der Waals surface area contributed by atoms with Crippen LogP contribution in [-0.4, -0.2) is 16.7 Å². The summed E-state index contributed by atoms with van der Waals surface area (Å²) in [5.74, 6) is 1.07. The van der Waals surface area contributed by atoms with Crippen molar-refractivity contribution in [1.29, 1.82) is 0 Å². The molecular weight excluding hydrogens is 372 g/mol. The molecule has 6 atom stereocenters. The standard InChI is InChI=1S/C27H34O3/c1-15-12-23-25(3,14-22(15)29)10-11-26(4)20-7-6-17-16(2)24(30)21(28)13-19(17)18(20)8-9-27(23,26)5/h6-7,13,15,18,23,30H,8-12,14H2,1-5H3. The molecule has 0 spiro atoms. The first-order chi connectivity index (χ1) is 14.0. The summed E-state index contributed by atoms with van der Waals surface area (Å²) in [7, 11) is 0. The van der Waals surface area contributed by atoms with Crippen molar-refractivity contribution in [3.8, 4) is 0 Å². The van der Waals surface area contributed by atoms with Crippen molar-refractivity contribution in [1.82, 2.24) is 0 Å². The van der Waals surface area contributed by atoms with Gasteiger partial charge in [-0.05, 0) is 78.4 Å². The van der Waals surface area contributed by atoms with E-state index in [2.05, 4.69) is 39.8 Å². The second kappa shape index (κ2) is 6.08. The predicted octanol–water partition coefficient (Wildman–Crippen LogP) is 6.03. The van der Waals surface area contributed by atoms with Gasteiger partial charge in [0.2, 0.25) is 5.78 Å². The Bertz CT molecular complexity index is 992. The summed E-state index contributed by atoms with van der Waals surface area (Å²) in [6, 6.07) is 0. The van der Waals surface area contributed by atoms with Crippen LogP contribution in [0.4, 0.5) is 0 Å². The van der Waals surface area contributed by atoms with Crippen molar-refractivity contribution in [2.45, 2.75) is 73.1 Å². The van der Waals surface area contributed by atoms with Gasteiger partial charge in [-0.15, -0.1) is 0 Å². The molecule has 0 radical (unpaired) electrons. The number of carbonyl (C=O) groups excluding carboxylic acids is 2. The smallest absolute Gasteiger partial charge is 0.220 e. The number of hydrogen-bond donors (Lipinski definition) is 1. The molecule has 0 aliphatic heterocycles. The molecular formula is C27H34O3. The normalized spacial score (nSPS) is 45.5. The lowest BCUT2D eigenvalue weighted by molar-refractivity contribution is -0.158. The molecule has 0 aromatic heterocycles. The minimum absolute atomic E-state index is 0.0726. The van der Waals surface area contributed by atoms with E-state index >= 15 is 0 Å². The van der Waals surface area contributed by atoms with Crippen LogP contribution in [0.15, 0.2) is 46.3 Å². The van der Waals surface area contributed by atoms with Crippen molar-refractivity contribution >= 4 is 11.6 Å². The zero-order valence-corrected chi connectivity index (χ0v) is 19.0. The molecule has 0 amide bonds. The van der Waals surface area contributed by atoms with E-state index < -0.39 is 0 Å². The lowest BCUT2D eigenvalue weighted by Gasteiger charge is -2.67. The number of ketones is 2. The molecule has 3 heteroatoms. The van der Waals surface area contributed by atoms with Crippen LogP contribution in [0.3, 0.4) is 0 Å². The van der Waals surface area contributed by atoms with Crippen LogP contribution in [0.25, 0.3) is 0 Å². The fourth-order valence-corrected chi connectivity index (χ4v) is 7.99. The average molecular weight is 407 g/mol. The maximum atomic E-state index is 12.6. The number of hydrogen-bond acceptors (Lipinski definition) is 3. The van der Waals surface area contributed by atoms with Gasteiger partial charge in [0.25, 0.3) is 0 Å². The fourth-order valence-electron chi connectivity index (χ4n) is 7.99. The van der Waals surface area contributed by atoms with E-state index in [-0.39, 0.29) is 39.6 Å². The van der Waals surface area contributed by atoms with Crippen molar-refractivity contribution in [3.63, 3.8) is 0 Å². The second-order valence-corrected chi connectivity index (χ2v) is 11.5. The highest BCUT2D eigenvalue weighted by Crippen LogP contribution is 2.72. The van der Waals surface area contributed by atoms with Crippen LogP contribution < -0.4 is 0 Å². The van der Waals surface area contributed by atoms with Crippen LogP contribution in [0.2, 0.25) is 0 Å². The molecule has 0 heterocycles. The SMILES string of the molecule is CC1=C(O)C(=O)C=C2C1=CC=C1C2CCC2(C)C3CC(C)C(=O)CC3(C)CCC12C. The number of aliphatic hydroxyl groups excluding tert-OH is 1. The molecule has 0 saturated heterocycles. The molecule has 5 aliphatic carbocycles. The third-order valence-electron chi connectivity index (χ3n) is 10.1. The van der Waals surface area contributed by atoms with Gasteiger partial charge in [-0.1, -0.05) is 45.4 Å². The third kappa shape index (κ3) is 2.32. The van der Waals surface area contributed by atoms with Crippen molar-refractivity contribution in [3.05, 3.63) is 46.3 Å². The largest absolute Gasteiger partial charge is 0.504 e. The quantitative estimate of drug-likeness (QED) is 0.534. The molecule has 30 heavy (non-hydrogen) atoms. The monoisotopic (exact) mass is 406 g/mol. The highest BCUT2D eigenvalue weighted by molar-refractivity contribution is 6.06. The topological polar surface area (TPSA) is 54.4 Å². The lowest BCUT2D eigenvalue weighted by atomic mass is 9.37. The summed E-state index contributed by atoms with van der Waals surface area (Å²) in [4.78, 5) is 25.0. The Kier molecular flexibility index (Phi) is 4.06. The Balaban J connectivity index is 1.61. The minimum atomic E-state index is -0.254. The van der Waals surface area contributed by atoms with Gasteiger partial charge in [-0.3, -0.25) is 9.59 Å². The van der Waals surface area contributed by atoms with Crippen molar-refractivity contribution in [2.24, 2.45) is 34.0 Å². The van der Waals surface area contributed by atoms with Crippen LogP contribution >= 0.6 is 0 Å². The third-order valence-corrected chi connectivity index (χ3v) is 10.1. The molecule has 5 aliphatic rings. The number of Topliss-reactive ketones (excluding diaryl/α,β-unsaturated/α-hetero) is 1. The summed E-state index contributed by atoms with van der Waals surface area (Å²) >= 11 is 0. The molecule has 0 aromatic carbocycles. The van der Waals surface area contributed by atoms with Gasteiger partial charge >= 0.3 is 0 Å². The van der Waals surface area contributed by atoms with Crippen molar-refractivity contribution in [2.75, 3.05) is 0 Å². The Labute approximate surface area is 180 Å². The fraction of sp³-hybridized carbons (Fsp3) is 0.630. The number of rotatable bonds is 0. The highest BCUT2D eigenvalue weighted by Gasteiger charge is 2.64. The van der Waals surface area contributed by atoms with Gasteiger partial charge in [0, 0.05) is 23.8 Å². The minimum Gasteiger partial charge on any atom is -0.504 e. The van der Waals surface area contributed by atoms with Crippen molar-refractivity contribution < 1.29 is 14.7 Å². The number of allylic oxidation sites excluding steroid dienone is 7. The van der Waals surface area contributed by atoms with Gasteiger partial charge in [-0.2, -0.15) is 0 Å². The van der Waals surface area contributed by atoms with Gasteiger partial charge in [-0.25, -0.2) is 0 Å². The number of carbonyl (C=O) groups is 2. The van der Waals surface area contributed by atoms with E-state index in [1.54, 1.807) is 6.08 Å².